The lowest BCUT2D eigenvalue weighted by Gasteiger charge is -2.27. The van der Waals surface area contributed by atoms with Gasteiger partial charge in [-0.25, -0.2) is 4.72 Å². The Labute approximate surface area is 118 Å². The van der Waals surface area contributed by atoms with Crippen LogP contribution in [0.1, 0.15) is 19.3 Å². The molecule has 0 aromatic heterocycles. The molecule has 1 heterocycles. The van der Waals surface area contributed by atoms with Crippen LogP contribution in [0.3, 0.4) is 0 Å². The largest absolute Gasteiger partial charge is 0.379 e. The Morgan fingerprint density at radius 3 is 2.56 bits per heavy atom. The monoisotopic (exact) mass is 340 g/mol. The van der Waals surface area contributed by atoms with Crippen LogP contribution < -0.4 is 4.72 Å². The molecule has 1 saturated heterocycles. The van der Waals surface area contributed by atoms with E-state index in [4.69, 9.17) is 4.74 Å². The van der Waals surface area contributed by atoms with E-state index in [-0.39, 0.29) is 0 Å². The highest BCUT2D eigenvalue weighted by molar-refractivity contribution is 9.09. The van der Waals surface area contributed by atoms with Crippen molar-refractivity contribution in [3.63, 3.8) is 0 Å². The van der Waals surface area contributed by atoms with Gasteiger partial charge in [0.15, 0.2) is 0 Å². The first-order valence-electron chi connectivity index (χ1n) is 6.52. The topological polar surface area (TPSA) is 58.6 Å². The Morgan fingerprint density at radius 2 is 1.89 bits per heavy atom. The zero-order chi connectivity index (χ0) is 13.0. The predicted octanol–water partition coefficient (Wildman–Crippen LogP) is 0.964. The van der Waals surface area contributed by atoms with Gasteiger partial charge >= 0.3 is 0 Å². The molecule has 0 aromatic carbocycles. The van der Waals surface area contributed by atoms with Crippen LogP contribution in [-0.4, -0.2) is 50.9 Å². The van der Waals surface area contributed by atoms with Gasteiger partial charge in [0.25, 0.3) is 10.2 Å². The molecule has 1 N–H and O–H groups in total. The molecule has 2 aliphatic rings. The summed E-state index contributed by atoms with van der Waals surface area (Å²) in [4.78, 5) is 0. The lowest BCUT2D eigenvalue weighted by molar-refractivity contribution is 0.0724. The van der Waals surface area contributed by atoms with E-state index < -0.39 is 10.2 Å². The first kappa shape index (κ1) is 14.7. The number of morpholine rings is 1. The molecule has 1 aliphatic heterocycles. The molecule has 0 bridgehead atoms. The molecular formula is C11H21BrN2O3S. The Morgan fingerprint density at radius 1 is 1.22 bits per heavy atom. The molecule has 7 heteroatoms. The minimum atomic E-state index is -3.31. The van der Waals surface area contributed by atoms with Crippen LogP contribution >= 0.6 is 15.9 Å². The Kier molecular flexibility index (Phi) is 5.44. The fourth-order valence-corrected chi connectivity index (χ4v) is 4.77. The standard InChI is InChI=1S/C11H21BrN2O3S/c12-8-10-2-1-3-11(10)9-13-18(15,16)14-4-6-17-7-5-14/h10-11,13H,1-9H2. The quantitative estimate of drug-likeness (QED) is 0.758. The third kappa shape index (κ3) is 3.66. The SMILES string of the molecule is O=S(=O)(NCC1CCCC1CBr)N1CCOCC1. The lowest BCUT2D eigenvalue weighted by Crippen LogP contribution is -2.47. The van der Waals surface area contributed by atoms with Gasteiger partial charge in [-0.15, -0.1) is 0 Å². The molecule has 2 fully saturated rings. The first-order valence-corrected chi connectivity index (χ1v) is 9.08. The number of nitrogens with zero attached hydrogens (tertiary/aromatic N) is 1. The molecular weight excluding hydrogens is 320 g/mol. The Bertz CT molecular complexity index is 357. The van der Waals surface area contributed by atoms with E-state index in [1.807, 2.05) is 0 Å². The van der Waals surface area contributed by atoms with E-state index in [1.54, 1.807) is 0 Å². The second-order valence-electron chi connectivity index (χ2n) is 4.97. The van der Waals surface area contributed by atoms with E-state index >= 15 is 0 Å². The zero-order valence-electron chi connectivity index (χ0n) is 10.5. The number of hydrogen-bond acceptors (Lipinski definition) is 3. The van der Waals surface area contributed by atoms with E-state index in [0.29, 0.717) is 44.7 Å². The van der Waals surface area contributed by atoms with Gasteiger partial charge in [-0.05, 0) is 24.7 Å². The van der Waals surface area contributed by atoms with Gasteiger partial charge in [0.2, 0.25) is 0 Å². The average Bonchev–Trinajstić information content (AvgIpc) is 2.85. The summed E-state index contributed by atoms with van der Waals surface area (Å²) in [5.41, 5.74) is 0. The molecule has 0 spiro atoms. The second kappa shape index (κ2) is 6.65. The van der Waals surface area contributed by atoms with Gasteiger partial charge in [0, 0.05) is 25.0 Å². The highest BCUT2D eigenvalue weighted by Crippen LogP contribution is 2.32. The van der Waals surface area contributed by atoms with Crippen molar-refractivity contribution >= 4 is 26.1 Å². The fraction of sp³-hybridized carbons (Fsp3) is 1.00. The van der Waals surface area contributed by atoms with Crippen molar-refractivity contribution in [2.45, 2.75) is 19.3 Å². The highest BCUT2D eigenvalue weighted by Gasteiger charge is 2.29. The van der Waals surface area contributed by atoms with E-state index in [1.165, 1.54) is 17.1 Å². The van der Waals surface area contributed by atoms with Crippen LogP contribution in [0, 0.1) is 11.8 Å². The molecule has 2 atom stereocenters. The average molecular weight is 341 g/mol. The molecule has 2 rings (SSSR count). The molecule has 1 saturated carbocycles. The number of alkyl halides is 1. The van der Waals surface area contributed by atoms with Crippen LogP contribution in [0.15, 0.2) is 0 Å². The Balaban J connectivity index is 1.84. The Hall–Kier alpha value is 0.310. The van der Waals surface area contributed by atoms with E-state index in [0.717, 1.165) is 11.8 Å². The number of hydrogen-bond donors (Lipinski definition) is 1. The number of rotatable bonds is 5. The van der Waals surface area contributed by atoms with Gasteiger partial charge in [-0.2, -0.15) is 12.7 Å². The first-order chi connectivity index (χ1) is 8.63. The summed E-state index contributed by atoms with van der Waals surface area (Å²) in [7, 11) is -3.31. The van der Waals surface area contributed by atoms with Crippen molar-refractivity contribution in [2.24, 2.45) is 11.8 Å². The molecule has 1 aliphatic carbocycles. The molecule has 0 radical (unpaired) electrons. The van der Waals surface area contributed by atoms with Crippen LogP contribution in [0.5, 0.6) is 0 Å². The molecule has 18 heavy (non-hydrogen) atoms. The molecule has 2 unspecified atom stereocenters. The highest BCUT2D eigenvalue weighted by atomic mass is 79.9. The normalized spacial score (nSPS) is 30.7. The summed E-state index contributed by atoms with van der Waals surface area (Å²) in [6.45, 7) is 2.47. The predicted molar refractivity (Wildman–Crippen MR) is 73.9 cm³/mol. The second-order valence-corrected chi connectivity index (χ2v) is 7.37. The van der Waals surface area contributed by atoms with Gasteiger partial charge in [-0.3, -0.25) is 0 Å². The summed E-state index contributed by atoms with van der Waals surface area (Å²) in [6, 6.07) is 0. The van der Waals surface area contributed by atoms with Crippen molar-refractivity contribution in [3.8, 4) is 0 Å². The van der Waals surface area contributed by atoms with E-state index in [2.05, 4.69) is 20.7 Å². The molecule has 5 nitrogen and oxygen atoms in total. The third-order valence-electron chi connectivity index (χ3n) is 3.85. The minimum absolute atomic E-state index is 0.460. The van der Waals surface area contributed by atoms with Crippen molar-refractivity contribution in [1.29, 1.82) is 0 Å². The van der Waals surface area contributed by atoms with Crippen LogP contribution in [0.2, 0.25) is 0 Å². The minimum Gasteiger partial charge on any atom is -0.379 e. The lowest BCUT2D eigenvalue weighted by atomic mass is 9.99. The zero-order valence-corrected chi connectivity index (χ0v) is 12.9. The smallest absolute Gasteiger partial charge is 0.279 e. The van der Waals surface area contributed by atoms with Crippen LogP contribution in [-0.2, 0) is 14.9 Å². The summed E-state index contributed by atoms with van der Waals surface area (Å²) in [5, 5.41) is 0.969. The fourth-order valence-electron chi connectivity index (χ4n) is 2.68. The maximum absolute atomic E-state index is 12.1. The maximum atomic E-state index is 12.1. The van der Waals surface area contributed by atoms with Gasteiger partial charge < -0.3 is 4.74 Å². The van der Waals surface area contributed by atoms with Crippen molar-refractivity contribution in [2.75, 3.05) is 38.2 Å². The van der Waals surface area contributed by atoms with Crippen molar-refractivity contribution in [3.05, 3.63) is 0 Å². The molecule has 0 aromatic rings. The summed E-state index contributed by atoms with van der Waals surface area (Å²) < 4.78 is 33.6. The number of nitrogens with one attached hydrogen (secondary N) is 1. The molecule has 0 amide bonds. The van der Waals surface area contributed by atoms with Crippen LogP contribution in [0.4, 0.5) is 0 Å². The van der Waals surface area contributed by atoms with Crippen molar-refractivity contribution < 1.29 is 13.2 Å². The maximum Gasteiger partial charge on any atom is 0.279 e. The molecule has 106 valence electrons. The summed E-state index contributed by atoms with van der Waals surface area (Å²) >= 11 is 3.51. The van der Waals surface area contributed by atoms with Crippen molar-refractivity contribution in [1.82, 2.24) is 9.03 Å². The number of halogens is 1. The summed E-state index contributed by atoms with van der Waals surface area (Å²) in [5.74, 6) is 1.08. The van der Waals surface area contributed by atoms with Gasteiger partial charge in [0.05, 0.1) is 13.2 Å². The van der Waals surface area contributed by atoms with E-state index in [9.17, 15) is 8.42 Å². The van der Waals surface area contributed by atoms with Gasteiger partial charge in [0.1, 0.15) is 0 Å². The number of ether oxygens (including phenoxy) is 1. The summed E-state index contributed by atoms with van der Waals surface area (Å²) in [6.07, 6.45) is 3.54. The third-order valence-corrected chi connectivity index (χ3v) is 6.26. The van der Waals surface area contributed by atoms with Gasteiger partial charge in [-0.1, -0.05) is 22.4 Å². The van der Waals surface area contributed by atoms with Crippen LogP contribution in [0.25, 0.3) is 0 Å².